The van der Waals surface area contributed by atoms with E-state index in [0.717, 1.165) is 0 Å². The van der Waals surface area contributed by atoms with E-state index in [2.05, 4.69) is 42.2 Å². The molecule has 2 aromatic carbocycles. The molecule has 0 spiro atoms. The standard InChI is InChI=1S/C46H68N12O13/c1-4-24(2)36(43(69)54-32(7-5-17-50-45(48)49)41(67)53-28(23-59)19-26-9-13-29(61)14-10-26)55-34(63)21-51-42(68)33-8-6-18-58(33)35(64)22-52-46(71)38(39(46)65)57-44(70)37(25(3)60)56-40(66)31(47)20-27-11-15-30(62)16-12-27/h9-16,23-25,28,31-33,36-39,52,60-62,65,71H,4-8,17-22,47H2,1-3H3,(H,51,68)(H,53,67)(H,54,69)(H,55,63)(H,56,66)(H,57,70)(H4,48,49,50)/t24-,25+,28-,31-,32-,33-,36-,37-,38-,39+,46+/m0/s1. The minimum Gasteiger partial charge on any atom is -0.508 e. The van der Waals surface area contributed by atoms with Crippen LogP contribution in [0.2, 0.25) is 0 Å². The topological polar surface area (TPSA) is 416 Å². The number of rotatable bonds is 27. The largest absolute Gasteiger partial charge is 0.508 e. The van der Waals surface area contributed by atoms with E-state index in [1.807, 2.05) is 0 Å². The number of benzene rings is 2. The lowest BCUT2D eigenvalue weighted by atomic mass is 9.97. The molecule has 7 amide bonds. The van der Waals surface area contributed by atoms with Crippen LogP contribution >= 0.6 is 0 Å². The fourth-order valence-corrected chi connectivity index (χ4v) is 7.85. The van der Waals surface area contributed by atoms with Crippen molar-refractivity contribution in [1.82, 2.24) is 42.1 Å². The van der Waals surface area contributed by atoms with E-state index in [4.69, 9.17) is 17.2 Å². The van der Waals surface area contributed by atoms with Gasteiger partial charge in [-0.15, -0.1) is 0 Å². The molecule has 0 bridgehead atoms. The maximum atomic E-state index is 13.8. The second-order valence-electron chi connectivity index (χ2n) is 17.8. The zero-order valence-electron chi connectivity index (χ0n) is 39.9. The number of hydrogen-bond donors (Lipinski definition) is 15. The average molecular weight is 997 g/mol. The number of aliphatic hydroxyl groups is 3. The maximum Gasteiger partial charge on any atom is 0.245 e. The summed E-state index contributed by atoms with van der Waals surface area (Å²) in [6.07, 6.45) is -1.02. The summed E-state index contributed by atoms with van der Waals surface area (Å²) >= 11 is 0. The molecule has 1 aliphatic heterocycles. The summed E-state index contributed by atoms with van der Waals surface area (Å²) in [5.74, 6) is -5.85. The van der Waals surface area contributed by atoms with Crippen LogP contribution in [0, 0.1) is 5.92 Å². The highest BCUT2D eigenvalue weighted by molar-refractivity contribution is 5.95. The van der Waals surface area contributed by atoms with Crippen LogP contribution in [0.4, 0.5) is 0 Å². The van der Waals surface area contributed by atoms with Gasteiger partial charge in [-0.2, -0.15) is 0 Å². The van der Waals surface area contributed by atoms with Crippen LogP contribution < -0.4 is 54.4 Å². The average Bonchev–Trinajstić information content (AvgIpc) is 3.60. The fourth-order valence-electron chi connectivity index (χ4n) is 7.85. The molecule has 390 valence electrons. The molecular weight excluding hydrogens is 929 g/mol. The molecule has 0 aromatic heterocycles. The lowest BCUT2D eigenvalue weighted by Gasteiger charge is -2.27. The molecule has 25 nitrogen and oxygen atoms in total. The van der Waals surface area contributed by atoms with E-state index in [-0.39, 0.29) is 62.7 Å². The number of aldehydes is 1. The summed E-state index contributed by atoms with van der Waals surface area (Å²) < 4.78 is 0. The number of carbonyl (C=O) groups is 8. The van der Waals surface area contributed by atoms with E-state index in [9.17, 15) is 63.9 Å². The first-order valence-electron chi connectivity index (χ1n) is 23.3. The first-order chi connectivity index (χ1) is 33.6. The lowest BCUT2D eigenvalue weighted by molar-refractivity contribution is -0.139. The number of nitrogens with one attached hydrogen (secondary N) is 7. The van der Waals surface area contributed by atoms with Gasteiger partial charge >= 0.3 is 0 Å². The van der Waals surface area contributed by atoms with Crippen LogP contribution in [0.1, 0.15) is 64.0 Å². The number of aliphatic imine (C=N–C) groups is 1. The Labute approximate surface area is 410 Å². The van der Waals surface area contributed by atoms with Gasteiger partial charge in [0, 0.05) is 13.1 Å². The van der Waals surface area contributed by atoms with Gasteiger partial charge in [-0.25, -0.2) is 0 Å². The summed E-state index contributed by atoms with van der Waals surface area (Å²) in [7, 11) is 0. The van der Waals surface area contributed by atoms with E-state index >= 15 is 0 Å². The third-order valence-electron chi connectivity index (χ3n) is 12.3. The predicted octanol–water partition coefficient (Wildman–Crippen LogP) is -4.93. The SMILES string of the molecule is CC[C@H](C)[C@H](NC(=O)CNC(=O)[C@@H]1CCCN1C(=O)CN[C@]1(O)[C@H](O)[C@@H]1NC(=O)[C@@H](NC(=O)[C@@H](N)Cc1ccc(O)cc1)[C@@H](C)O)C(=O)N[C@@H](CCCN=C(N)N)C(=O)N[C@H](C=O)Cc1ccc(O)cc1. The number of likely N-dealkylation sites (tertiary alicyclic amines) is 1. The number of guanidine groups is 1. The highest BCUT2D eigenvalue weighted by atomic mass is 16.4. The fraction of sp³-hybridized carbons (Fsp3) is 0.543. The maximum absolute atomic E-state index is 13.8. The van der Waals surface area contributed by atoms with Crippen LogP contribution in [0.5, 0.6) is 11.5 Å². The summed E-state index contributed by atoms with van der Waals surface area (Å²) in [6, 6.07) is 3.57. The normalized spacial score (nSPS) is 21.1. The molecule has 2 aliphatic rings. The Morgan fingerprint density at radius 1 is 0.845 bits per heavy atom. The number of aliphatic hydroxyl groups excluding tert-OH is 2. The molecule has 1 heterocycles. The van der Waals surface area contributed by atoms with Gasteiger partial charge in [0.15, 0.2) is 11.7 Å². The molecule has 71 heavy (non-hydrogen) atoms. The van der Waals surface area contributed by atoms with Crippen molar-refractivity contribution in [3.8, 4) is 11.5 Å². The number of amides is 7. The molecule has 11 atom stereocenters. The first kappa shape index (κ1) is 56.7. The van der Waals surface area contributed by atoms with Crippen molar-refractivity contribution < 1.29 is 63.9 Å². The van der Waals surface area contributed by atoms with Gasteiger partial charge in [0.25, 0.3) is 0 Å². The highest BCUT2D eigenvalue weighted by Crippen LogP contribution is 2.34. The smallest absolute Gasteiger partial charge is 0.245 e. The third-order valence-corrected chi connectivity index (χ3v) is 12.3. The predicted molar refractivity (Wildman–Crippen MR) is 255 cm³/mol. The Balaban J connectivity index is 1.29. The summed E-state index contributed by atoms with van der Waals surface area (Å²) in [5.41, 5.74) is 15.9. The Kier molecular flexibility index (Phi) is 21.0. The Hall–Kier alpha value is -6.93. The van der Waals surface area contributed by atoms with Crippen molar-refractivity contribution in [2.45, 2.75) is 126 Å². The molecule has 0 unspecified atom stereocenters. The van der Waals surface area contributed by atoms with E-state index in [1.165, 1.54) is 36.1 Å². The molecule has 25 heteroatoms. The molecule has 1 saturated heterocycles. The van der Waals surface area contributed by atoms with Gasteiger partial charge in [0.2, 0.25) is 41.4 Å². The zero-order chi connectivity index (χ0) is 52.6. The number of carbonyl (C=O) groups excluding carboxylic acids is 8. The third kappa shape index (κ3) is 16.6. The minimum atomic E-state index is -2.20. The quantitative estimate of drug-likeness (QED) is 0.0131. The van der Waals surface area contributed by atoms with Crippen LogP contribution in [-0.4, -0.2) is 170 Å². The van der Waals surface area contributed by atoms with Gasteiger partial charge in [0.05, 0.1) is 31.3 Å². The van der Waals surface area contributed by atoms with Crippen molar-refractivity contribution in [3.05, 3.63) is 59.7 Å². The number of nitrogens with two attached hydrogens (primary N) is 3. The summed E-state index contributed by atoms with van der Waals surface area (Å²) in [4.78, 5) is 110. The molecule has 1 saturated carbocycles. The number of aromatic hydroxyl groups is 2. The van der Waals surface area contributed by atoms with Gasteiger partial charge < -0.3 is 84.3 Å². The number of phenolic OH excluding ortho intramolecular Hbond substituents is 2. The number of nitrogens with zero attached hydrogens (tertiary/aromatic N) is 2. The van der Waals surface area contributed by atoms with E-state index in [0.29, 0.717) is 30.3 Å². The van der Waals surface area contributed by atoms with Crippen molar-refractivity contribution >= 4 is 53.6 Å². The molecule has 1 aliphatic carbocycles. The van der Waals surface area contributed by atoms with Crippen LogP contribution in [0.3, 0.4) is 0 Å². The number of hydrogen-bond acceptors (Lipinski definition) is 16. The van der Waals surface area contributed by atoms with E-state index in [1.54, 1.807) is 38.1 Å². The molecular formula is C46H68N12O13. The molecule has 18 N–H and O–H groups in total. The summed E-state index contributed by atoms with van der Waals surface area (Å²) in [5, 5.41) is 68.7. The lowest BCUT2D eigenvalue weighted by Crippen LogP contribution is -2.58. The Morgan fingerprint density at radius 2 is 1.46 bits per heavy atom. The molecule has 2 fully saturated rings. The van der Waals surface area contributed by atoms with Crippen LogP contribution in [0.25, 0.3) is 0 Å². The number of phenols is 2. The minimum absolute atomic E-state index is 0.0174. The van der Waals surface area contributed by atoms with Gasteiger partial charge in [-0.1, -0.05) is 44.5 Å². The second kappa shape index (κ2) is 26.3. The summed E-state index contributed by atoms with van der Waals surface area (Å²) in [6.45, 7) is 3.79. The van der Waals surface area contributed by atoms with Gasteiger partial charge in [-0.3, -0.25) is 43.9 Å². The van der Waals surface area contributed by atoms with Crippen molar-refractivity contribution in [2.75, 3.05) is 26.2 Å². The van der Waals surface area contributed by atoms with Gasteiger partial charge in [0.1, 0.15) is 54.1 Å². The monoisotopic (exact) mass is 997 g/mol. The zero-order valence-corrected chi connectivity index (χ0v) is 39.9. The first-order valence-corrected chi connectivity index (χ1v) is 23.3. The van der Waals surface area contributed by atoms with Crippen LogP contribution in [-0.2, 0) is 51.2 Å². The van der Waals surface area contributed by atoms with E-state index < -0.39 is 121 Å². The molecule has 2 aromatic rings. The second-order valence-corrected chi connectivity index (χ2v) is 17.8. The van der Waals surface area contributed by atoms with Crippen molar-refractivity contribution in [2.24, 2.45) is 28.1 Å². The van der Waals surface area contributed by atoms with Crippen molar-refractivity contribution in [3.63, 3.8) is 0 Å². The Bertz CT molecular complexity index is 2210. The highest BCUT2D eigenvalue weighted by Gasteiger charge is 2.65. The Morgan fingerprint density at radius 3 is 2.04 bits per heavy atom. The molecule has 4 rings (SSSR count). The molecule has 0 radical (unpaired) electrons. The van der Waals surface area contributed by atoms with Crippen LogP contribution in [0.15, 0.2) is 53.5 Å². The van der Waals surface area contributed by atoms with Gasteiger partial charge in [-0.05, 0) is 86.8 Å². The van der Waals surface area contributed by atoms with Crippen molar-refractivity contribution in [1.29, 1.82) is 0 Å².